The van der Waals surface area contributed by atoms with Gasteiger partial charge in [-0.05, 0) is 25.1 Å². The number of rotatable bonds is 2. The van der Waals surface area contributed by atoms with Crippen LogP contribution in [0.15, 0.2) is 18.2 Å². The number of morpholine rings is 1. The van der Waals surface area contributed by atoms with Crippen LogP contribution in [0.3, 0.4) is 0 Å². The number of hydrogen-bond acceptors (Lipinski definition) is 4. The number of hydrogen-bond donors (Lipinski definition) is 1. The highest BCUT2D eigenvalue weighted by Gasteiger charge is 2.25. The first-order valence-electron chi connectivity index (χ1n) is 5.85. The number of anilines is 1. The van der Waals surface area contributed by atoms with Crippen molar-refractivity contribution in [3.8, 4) is 6.07 Å². The molecule has 0 spiro atoms. The van der Waals surface area contributed by atoms with Gasteiger partial charge in [-0.3, -0.25) is 0 Å². The number of aliphatic hydroxyl groups is 1. The van der Waals surface area contributed by atoms with Crippen LogP contribution in [0.5, 0.6) is 0 Å². The molecule has 18 heavy (non-hydrogen) atoms. The highest BCUT2D eigenvalue weighted by atomic mass is 35.5. The van der Waals surface area contributed by atoms with E-state index in [1.165, 1.54) is 0 Å². The first-order chi connectivity index (χ1) is 8.63. The number of halogens is 1. The highest BCUT2D eigenvalue weighted by molar-refractivity contribution is 6.32. The molecule has 0 saturated carbocycles. The number of ether oxygens (including phenoxy) is 1. The minimum atomic E-state index is -0.178. The Labute approximate surface area is 111 Å². The van der Waals surface area contributed by atoms with E-state index in [2.05, 4.69) is 4.90 Å². The van der Waals surface area contributed by atoms with Crippen LogP contribution >= 0.6 is 11.6 Å². The SMILES string of the molecule is CC1CN(c2ccc(C#N)c(Cl)c2)CC(CO)O1. The number of benzene rings is 1. The van der Waals surface area contributed by atoms with Crippen molar-refractivity contribution >= 4 is 17.3 Å². The third kappa shape index (κ3) is 2.75. The second-order valence-electron chi connectivity index (χ2n) is 4.43. The zero-order valence-electron chi connectivity index (χ0n) is 10.1. The molecular formula is C13H15ClN2O2. The van der Waals surface area contributed by atoms with E-state index < -0.39 is 0 Å². The smallest absolute Gasteiger partial charge is 0.101 e. The van der Waals surface area contributed by atoms with E-state index in [1.807, 2.05) is 19.1 Å². The maximum atomic E-state index is 9.19. The van der Waals surface area contributed by atoms with Crippen molar-refractivity contribution in [2.75, 3.05) is 24.6 Å². The summed E-state index contributed by atoms with van der Waals surface area (Å²) >= 11 is 6.03. The van der Waals surface area contributed by atoms with Crippen LogP contribution in [0.4, 0.5) is 5.69 Å². The molecule has 1 saturated heterocycles. The zero-order valence-corrected chi connectivity index (χ0v) is 10.9. The van der Waals surface area contributed by atoms with E-state index in [4.69, 9.17) is 21.6 Å². The standard InChI is InChI=1S/C13H15ClN2O2/c1-9-6-16(7-12(8-17)18-9)11-3-2-10(5-15)13(14)4-11/h2-4,9,12,17H,6-8H2,1H3. The summed E-state index contributed by atoms with van der Waals surface area (Å²) in [6, 6.07) is 7.41. The van der Waals surface area contributed by atoms with E-state index in [-0.39, 0.29) is 18.8 Å². The molecule has 0 bridgehead atoms. The van der Waals surface area contributed by atoms with Gasteiger partial charge in [0, 0.05) is 18.8 Å². The fraction of sp³-hybridized carbons (Fsp3) is 0.462. The molecule has 0 amide bonds. The summed E-state index contributed by atoms with van der Waals surface area (Å²) in [6.45, 7) is 3.35. The molecule has 1 aromatic rings. The van der Waals surface area contributed by atoms with E-state index in [0.717, 1.165) is 12.2 Å². The normalized spacial score (nSPS) is 23.8. The van der Waals surface area contributed by atoms with Crippen LogP contribution in [0.1, 0.15) is 12.5 Å². The third-order valence-corrected chi connectivity index (χ3v) is 3.28. The summed E-state index contributed by atoms with van der Waals surface area (Å²) in [5.41, 5.74) is 1.42. The molecule has 1 aromatic carbocycles. The van der Waals surface area contributed by atoms with Gasteiger partial charge in [-0.25, -0.2) is 0 Å². The van der Waals surface area contributed by atoms with Gasteiger partial charge in [-0.1, -0.05) is 11.6 Å². The van der Waals surface area contributed by atoms with Crippen molar-refractivity contribution in [3.63, 3.8) is 0 Å². The van der Waals surface area contributed by atoms with Gasteiger partial charge in [0.1, 0.15) is 6.07 Å². The van der Waals surface area contributed by atoms with Gasteiger partial charge < -0.3 is 14.7 Å². The zero-order chi connectivity index (χ0) is 13.1. The molecule has 0 aliphatic carbocycles. The summed E-state index contributed by atoms with van der Waals surface area (Å²) in [5.74, 6) is 0. The highest BCUT2D eigenvalue weighted by Crippen LogP contribution is 2.25. The molecule has 1 fully saturated rings. The first-order valence-corrected chi connectivity index (χ1v) is 6.22. The van der Waals surface area contributed by atoms with Gasteiger partial charge >= 0.3 is 0 Å². The number of nitriles is 1. The molecule has 1 aliphatic rings. The second-order valence-corrected chi connectivity index (χ2v) is 4.84. The van der Waals surface area contributed by atoms with Crippen LogP contribution in [-0.4, -0.2) is 37.0 Å². The summed E-state index contributed by atoms with van der Waals surface area (Å²) in [7, 11) is 0. The monoisotopic (exact) mass is 266 g/mol. The van der Waals surface area contributed by atoms with Crippen molar-refractivity contribution in [1.82, 2.24) is 0 Å². The van der Waals surface area contributed by atoms with Gasteiger partial charge in [0.05, 0.1) is 29.4 Å². The Kier molecular flexibility index (Phi) is 4.07. The number of nitrogens with zero attached hydrogens (tertiary/aromatic N) is 2. The maximum Gasteiger partial charge on any atom is 0.101 e. The number of aliphatic hydroxyl groups excluding tert-OH is 1. The van der Waals surface area contributed by atoms with Crippen molar-refractivity contribution in [2.45, 2.75) is 19.1 Å². The summed E-state index contributed by atoms with van der Waals surface area (Å²) < 4.78 is 5.59. The molecule has 1 N–H and O–H groups in total. The van der Waals surface area contributed by atoms with E-state index in [0.29, 0.717) is 17.1 Å². The Morgan fingerprint density at radius 2 is 2.33 bits per heavy atom. The van der Waals surface area contributed by atoms with E-state index >= 15 is 0 Å². The fourth-order valence-electron chi connectivity index (χ4n) is 2.15. The molecule has 0 radical (unpaired) electrons. The van der Waals surface area contributed by atoms with Gasteiger partial charge in [0.2, 0.25) is 0 Å². The van der Waals surface area contributed by atoms with Crippen molar-refractivity contribution in [2.24, 2.45) is 0 Å². The largest absolute Gasteiger partial charge is 0.394 e. The predicted molar refractivity (Wildman–Crippen MR) is 69.8 cm³/mol. The Hall–Kier alpha value is -1.28. The molecule has 2 rings (SSSR count). The van der Waals surface area contributed by atoms with Crippen LogP contribution in [0.25, 0.3) is 0 Å². The minimum Gasteiger partial charge on any atom is -0.394 e. The van der Waals surface area contributed by atoms with Crippen molar-refractivity contribution in [1.29, 1.82) is 5.26 Å². The Morgan fingerprint density at radius 1 is 1.56 bits per heavy atom. The van der Waals surface area contributed by atoms with Crippen LogP contribution in [-0.2, 0) is 4.74 Å². The van der Waals surface area contributed by atoms with Crippen LogP contribution in [0.2, 0.25) is 5.02 Å². The Bertz CT molecular complexity index is 473. The molecule has 2 unspecified atom stereocenters. The minimum absolute atomic E-state index is 0.00481. The molecule has 96 valence electrons. The summed E-state index contributed by atoms with van der Waals surface area (Å²) in [5, 5.41) is 18.5. The Morgan fingerprint density at radius 3 is 2.94 bits per heavy atom. The molecule has 5 heteroatoms. The average molecular weight is 267 g/mol. The molecular weight excluding hydrogens is 252 g/mol. The van der Waals surface area contributed by atoms with Crippen molar-refractivity contribution in [3.05, 3.63) is 28.8 Å². The van der Waals surface area contributed by atoms with Crippen molar-refractivity contribution < 1.29 is 9.84 Å². The molecule has 1 heterocycles. The third-order valence-electron chi connectivity index (χ3n) is 2.97. The van der Waals surface area contributed by atoms with Gasteiger partial charge in [0.25, 0.3) is 0 Å². The molecule has 4 nitrogen and oxygen atoms in total. The fourth-order valence-corrected chi connectivity index (χ4v) is 2.37. The Balaban J connectivity index is 2.20. The lowest BCUT2D eigenvalue weighted by Gasteiger charge is -2.37. The maximum absolute atomic E-state index is 9.19. The molecule has 0 aromatic heterocycles. The van der Waals surface area contributed by atoms with Crippen LogP contribution in [0, 0.1) is 11.3 Å². The topological polar surface area (TPSA) is 56.5 Å². The molecule has 1 aliphatic heterocycles. The van der Waals surface area contributed by atoms with Crippen LogP contribution < -0.4 is 4.90 Å². The molecule has 2 atom stereocenters. The predicted octanol–water partition coefficient (Wildman–Crippen LogP) is 1.80. The second kappa shape index (κ2) is 5.57. The van der Waals surface area contributed by atoms with Gasteiger partial charge in [0.15, 0.2) is 0 Å². The van der Waals surface area contributed by atoms with E-state index in [1.54, 1.807) is 12.1 Å². The average Bonchev–Trinajstić information content (AvgIpc) is 2.37. The van der Waals surface area contributed by atoms with Gasteiger partial charge in [-0.15, -0.1) is 0 Å². The quantitative estimate of drug-likeness (QED) is 0.887. The van der Waals surface area contributed by atoms with E-state index in [9.17, 15) is 5.11 Å². The summed E-state index contributed by atoms with van der Waals surface area (Å²) in [4.78, 5) is 2.11. The first kappa shape index (κ1) is 13.2. The lowest BCUT2D eigenvalue weighted by Crippen LogP contribution is -2.48. The summed E-state index contributed by atoms with van der Waals surface area (Å²) in [6.07, 6.45) is -0.117. The van der Waals surface area contributed by atoms with Gasteiger partial charge in [-0.2, -0.15) is 5.26 Å². The lowest BCUT2D eigenvalue weighted by molar-refractivity contribution is -0.0421. The lowest BCUT2D eigenvalue weighted by atomic mass is 10.1.